The quantitative estimate of drug-likeness (QED) is 0.758. The van der Waals surface area contributed by atoms with E-state index < -0.39 is 0 Å². The first kappa shape index (κ1) is 14.3. The molecule has 104 valence electrons. The standard InChI is InChI=1S/C17H26N2/c1-12(2)15-6-5-13(3)16(19-11-15)9-14-7-8-17(4,18)10-14/h5-6,9,11,13-14H,7-8,10,18H2,1-4H3/b16-9-. The molecule has 19 heavy (non-hydrogen) atoms. The van der Waals surface area contributed by atoms with Gasteiger partial charge in [0.05, 0.1) is 0 Å². The Kier molecular flexibility index (Phi) is 4.10. The van der Waals surface area contributed by atoms with Crippen molar-refractivity contribution in [2.45, 2.75) is 52.5 Å². The van der Waals surface area contributed by atoms with Gasteiger partial charge in [0, 0.05) is 23.4 Å². The first-order valence-corrected chi connectivity index (χ1v) is 7.28. The minimum atomic E-state index is 0.0142. The zero-order valence-corrected chi connectivity index (χ0v) is 12.6. The van der Waals surface area contributed by atoms with E-state index in [1.165, 1.54) is 23.3 Å². The summed E-state index contributed by atoms with van der Waals surface area (Å²) in [5.74, 6) is 0.976. The van der Waals surface area contributed by atoms with Gasteiger partial charge in [0.15, 0.2) is 0 Å². The van der Waals surface area contributed by atoms with Crippen LogP contribution in [0.5, 0.6) is 0 Å². The molecule has 2 rings (SSSR count). The molecule has 1 saturated carbocycles. The second kappa shape index (κ2) is 5.46. The fraction of sp³-hybridized carbons (Fsp3) is 0.588. The van der Waals surface area contributed by atoms with Crippen LogP contribution in [0.1, 0.15) is 47.0 Å². The maximum absolute atomic E-state index is 6.21. The number of nitrogens with zero attached hydrogens (tertiary/aromatic N) is 1. The first-order valence-electron chi connectivity index (χ1n) is 7.28. The molecule has 1 aliphatic carbocycles. The summed E-state index contributed by atoms with van der Waals surface area (Å²) in [4.78, 5) is 4.69. The summed E-state index contributed by atoms with van der Waals surface area (Å²) in [7, 11) is 0. The van der Waals surface area contributed by atoms with Crippen LogP contribution in [0.15, 0.2) is 40.1 Å². The Labute approximate surface area is 117 Å². The minimum Gasteiger partial charge on any atom is -0.325 e. The molecular formula is C17H26N2. The van der Waals surface area contributed by atoms with E-state index >= 15 is 0 Å². The summed E-state index contributed by atoms with van der Waals surface area (Å²) >= 11 is 0. The summed E-state index contributed by atoms with van der Waals surface area (Å²) in [6.07, 6.45) is 12.2. The summed E-state index contributed by atoms with van der Waals surface area (Å²) in [6.45, 7) is 8.63. The van der Waals surface area contributed by atoms with E-state index in [9.17, 15) is 0 Å². The van der Waals surface area contributed by atoms with Crippen molar-refractivity contribution in [2.75, 3.05) is 0 Å². The van der Waals surface area contributed by atoms with Crippen molar-refractivity contribution in [1.29, 1.82) is 0 Å². The third-order valence-corrected chi connectivity index (χ3v) is 4.18. The Hall–Kier alpha value is -1.15. The van der Waals surface area contributed by atoms with Gasteiger partial charge in [-0.2, -0.15) is 0 Å². The van der Waals surface area contributed by atoms with Crippen molar-refractivity contribution < 1.29 is 0 Å². The monoisotopic (exact) mass is 258 g/mol. The number of hydrogen-bond donors (Lipinski definition) is 1. The van der Waals surface area contributed by atoms with Crippen molar-refractivity contribution in [1.82, 2.24) is 0 Å². The first-order chi connectivity index (χ1) is 8.87. The van der Waals surface area contributed by atoms with Gasteiger partial charge in [-0.1, -0.05) is 30.7 Å². The molecule has 2 nitrogen and oxygen atoms in total. The van der Waals surface area contributed by atoms with Gasteiger partial charge in [-0.05, 0) is 51.5 Å². The third-order valence-electron chi connectivity index (χ3n) is 4.18. The fourth-order valence-electron chi connectivity index (χ4n) is 2.84. The number of nitrogens with two attached hydrogens (primary N) is 1. The lowest BCUT2D eigenvalue weighted by Gasteiger charge is -2.16. The molecule has 1 heterocycles. The van der Waals surface area contributed by atoms with Crippen LogP contribution in [0.25, 0.3) is 0 Å². The molecule has 1 fully saturated rings. The largest absolute Gasteiger partial charge is 0.325 e. The van der Waals surface area contributed by atoms with Gasteiger partial charge >= 0.3 is 0 Å². The Morgan fingerprint density at radius 1 is 1.47 bits per heavy atom. The molecular weight excluding hydrogens is 232 g/mol. The highest BCUT2D eigenvalue weighted by Gasteiger charge is 2.30. The average molecular weight is 258 g/mol. The highest BCUT2D eigenvalue weighted by atomic mass is 14.8. The highest BCUT2D eigenvalue weighted by molar-refractivity contribution is 5.84. The molecule has 2 N–H and O–H groups in total. The number of aliphatic imine (C=N–C) groups is 1. The van der Waals surface area contributed by atoms with Crippen LogP contribution in [0.3, 0.4) is 0 Å². The SMILES string of the molecule is CC(C)=C1C=CC(C)/C(=C/C2CCC(C)(N)C2)N=C1. The molecule has 0 aromatic carbocycles. The molecule has 0 amide bonds. The van der Waals surface area contributed by atoms with Crippen molar-refractivity contribution >= 4 is 6.21 Å². The number of rotatable bonds is 1. The van der Waals surface area contributed by atoms with E-state index in [0.717, 1.165) is 12.8 Å². The van der Waals surface area contributed by atoms with Gasteiger partial charge in [-0.3, -0.25) is 4.99 Å². The molecule has 1 aliphatic heterocycles. The fourth-order valence-corrected chi connectivity index (χ4v) is 2.84. The molecule has 0 aromatic heterocycles. The second-order valence-electron chi connectivity index (χ2n) is 6.61. The maximum Gasteiger partial charge on any atom is 0.0432 e. The normalized spacial score (nSPS) is 36.9. The van der Waals surface area contributed by atoms with Crippen molar-refractivity contribution in [3.63, 3.8) is 0 Å². The summed E-state index contributed by atoms with van der Waals surface area (Å²) in [5.41, 5.74) is 9.95. The van der Waals surface area contributed by atoms with Crippen LogP contribution in [-0.2, 0) is 0 Å². The van der Waals surface area contributed by atoms with Gasteiger partial charge in [0.1, 0.15) is 0 Å². The molecule has 0 bridgehead atoms. The van der Waals surface area contributed by atoms with Crippen LogP contribution in [0.2, 0.25) is 0 Å². The number of allylic oxidation sites excluding steroid dienone is 5. The zero-order chi connectivity index (χ0) is 14.0. The van der Waals surface area contributed by atoms with Gasteiger partial charge in [-0.15, -0.1) is 0 Å². The lowest BCUT2D eigenvalue weighted by Crippen LogP contribution is -2.32. The smallest absolute Gasteiger partial charge is 0.0432 e. The molecule has 3 unspecified atom stereocenters. The van der Waals surface area contributed by atoms with Crippen LogP contribution in [0.4, 0.5) is 0 Å². The van der Waals surface area contributed by atoms with Crippen molar-refractivity contribution in [3.05, 3.63) is 35.1 Å². The predicted molar refractivity (Wildman–Crippen MR) is 83.2 cm³/mol. The molecule has 2 aliphatic rings. The average Bonchev–Trinajstić information content (AvgIpc) is 2.54. The Bertz CT molecular complexity index is 460. The van der Waals surface area contributed by atoms with Crippen molar-refractivity contribution in [2.24, 2.45) is 22.6 Å². The molecule has 0 radical (unpaired) electrons. The Morgan fingerprint density at radius 3 is 2.79 bits per heavy atom. The van der Waals surface area contributed by atoms with E-state index in [2.05, 4.69) is 45.9 Å². The molecule has 3 atom stereocenters. The lowest BCUT2D eigenvalue weighted by atomic mass is 9.97. The van der Waals surface area contributed by atoms with Crippen LogP contribution in [0, 0.1) is 11.8 Å². The molecule has 0 saturated heterocycles. The molecule has 0 aromatic rings. The van der Waals surface area contributed by atoms with E-state index in [0.29, 0.717) is 11.8 Å². The maximum atomic E-state index is 6.21. The van der Waals surface area contributed by atoms with E-state index in [1.807, 2.05) is 6.21 Å². The van der Waals surface area contributed by atoms with Crippen LogP contribution in [-0.4, -0.2) is 11.8 Å². The van der Waals surface area contributed by atoms with Gasteiger partial charge in [-0.25, -0.2) is 0 Å². The van der Waals surface area contributed by atoms with E-state index in [4.69, 9.17) is 10.7 Å². The predicted octanol–water partition coefficient (Wildman–Crippen LogP) is 4.00. The highest BCUT2D eigenvalue weighted by Crippen LogP contribution is 2.35. The van der Waals surface area contributed by atoms with E-state index in [1.54, 1.807) is 0 Å². The summed E-state index contributed by atoms with van der Waals surface area (Å²) < 4.78 is 0. The lowest BCUT2D eigenvalue weighted by molar-refractivity contribution is 0.473. The minimum absolute atomic E-state index is 0.0142. The van der Waals surface area contributed by atoms with Gasteiger partial charge in [0.2, 0.25) is 0 Å². The summed E-state index contributed by atoms with van der Waals surface area (Å²) in [5, 5.41) is 0. The Morgan fingerprint density at radius 2 is 2.21 bits per heavy atom. The topological polar surface area (TPSA) is 38.4 Å². The molecule has 2 heteroatoms. The van der Waals surface area contributed by atoms with Gasteiger partial charge < -0.3 is 5.73 Å². The van der Waals surface area contributed by atoms with Gasteiger partial charge in [0.25, 0.3) is 0 Å². The van der Waals surface area contributed by atoms with Crippen LogP contribution < -0.4 is 5.73 Å². The second-order valence-corrected chi connectivity index (χ2v) is 6.61. The van der Waals surface area contributed by atoms with E-state index in [-0.39, 0.29) is 5.54 Å². The summed E-state index contributed by atoms with van der Waals surface area (Å²) in [6, 6.07) is 0. The zero-order valence-electron chi connectivity index (χ0n) is 12.6. The Balaban J connectivity index is 2.19. The third kappa shape index (κ3) is 3.66. The number of hydrogen-bond acceptors (Lipinski definition) is 2. The van der Waals surface area contributed by atoms with Crippen molar-refractivity contribution in [3.8, 4) is 0 Å². The van der Waals surface area contributed by atoms with Crippen LogP contribution >= 0.6 is 0 Å². The molecule has 0 spiro atoms.